The molecular weight excluding hydrogens is 452 g/mol. The number of rotatable bonds is 9. The molecule has 154 valence electrons. The third kappa shape index (κ3) is 6.09. The Bertz CT molecular complexity index is 869. The number of carbonyl (C=O) groups is 2. The molecule has 4 nitrogen and oxygen atoms in total. The van der Waals surface area contributed by atoms with E-state index in [0.29, 0.717) is 11.5 Å². The van der Waals surface area contributed by atoms with Crippen LogP contribution in [-0.2, 0) is 14.3 Å². The topological polar surface area (TPSA) is 52.6 Å². The summed E-state index contributed by atoms with van der Waals surface area (Å²) in [6.07, 6.45) is 1.97. The van der Waals surface area contributed by atoms with E-state index in [-0.39, 0.29) is 24.0 Å². The van der Waals surface area contributed by atoms with E-state index >= 15 is 0 Å². The molecule has 3 unspecified atom stereocenters. The summed E-state index contributed by atoms with van der Waals surface area (Å²) in [5, 5.41) is 0. The molecule has 0 bridgehead atoms. The van der Waals surface area contributed by atoms with Crippen LogP contribution in [0.3, 0.4) is 0 Å². The van der Waals surface area contributed by atoms with E-state index in [1.807, 2.05) is 48.2 Å². The Morgan fingerprint density at radius 1 is 1.21 bits per heavy atom. The Hall–Kier alpha value is -1.79. The number of halogens is 1. The average Bonchev–Trinajstić information content (AvgIpc) is 3.44. The van der Waals surface area contributed by atoms with E-state index in [9.17, 15) is 9.59 Å². The third-order valence-electron chi connectivity index (χ3n) is 5.05. The van der Waals surface area contributed by atoms with Gasteiger partial charge in [-0.2, -0.15) is 11.8 Å². The summed E-state index contributed by atoms with van der Waals surface area (Å²) in [5.74, 6) is 2.00. The van der Waals surface area contributed by atoms with E-state index in [2.05, 4.69) is 28.1 Å². The van der Waals surface area contributed by atoms with Crippen molar-refractivity contribution in [3.8, 4) is 0 Å². The second kappa shape index (κ2) is 10.3. The van der Waals surface area contributed by atoms with Crippen molar-refractivity contribution < 1.29 is 19.1 Å². The van der Waals surface area contributed by atoms with Crippen molar-refractivity contribution in [3.63, 3.8) is 0 Å². The highest BCUT2D eigenvalue weighted by atomic mass is 79.9. The molecule has 1 fully saturated rings. The number of hydrogen-bond acceptors (Lipinski definition) is 5. The van der Waals surface area contributed by atoms with Crippen LogP contribution in [0.15, 0.2) is 53.0 Å². The van der Waals surface area contributed by atoms with Gasteiger partial charge in [-0.3, -0.25) is 4.79 Å². The maximum Gasteiger partial charge on any atom is 0.338 e. The Balaban J connectivity index is 1.70. The van der Waals surface area contributed by atoms with Gasteiger partial charge in [0.1, 0.15) is 6.10 Å². The Morgan fingerprint density at radius 2 is 2.00 bits per heavy atom. The van der Waals surface area contributed by atoms with Crippen molar-refractivity contribution in [1.29, 1.82) is 0 Å². The SMILES string of the molecule is COC(=O)c1ccccc1C(CCSCC1CC1OC(C)=O)c1cccc(Br)c1. The Kier molecular flexibility index (Phi) is 7.78. The summed E-state index contributed by atoms with van der Waals surface area (Å²) in [6.45, 7) is 1.46. The van der Waals surface area contributed by atoms with Gasteiger partial charge in [0.2, 0.25) is 0 Å². The van der Waals surface area contributed by atoms with Gasteiger partial charge in [0, 0.05) is 23.2 Å². The van der Waals surface area contributed by atoms with Crippen LogP contribution >= 0.6 is 27.7 Å². The molecule has 3 rings (SSSR count). The molecule has 1 aliphatic rings. The van der Waals surface area contributed by atoms with Crippen LogP contribution in [-0.4, -0.2) is 36.7 Å². The Morgan fingerprint density at radius 3 is 2.72 bits per heavy atom. The number of carbonyl (C=O) groups excluding carboxylic acids is 2. The van der Waals surface area contributed by atoms with Crippen LogP contribution in [0.1, 0.15) is 47.2 Å². The molecule has 0 aromatic heterocycles. The van der Waals surface area contributed by atoms with E-state index in [4.69, 9.17) is 9.47 Å². The van der Waals surface area contributed by atoms with Crippen LogP contribution in [0, 0.1) is 5.92 Å². The highest BCUT2D eigenvalue weighted by Crippen LogP contribution is 2.38. The smallest absolute Gasteiger partial charge is 0.338 e. The summed E-state index contributed by atoms with van der Waals surface area (Å²) in [5.41, 5.74) is 2.77. The summed E-state index contributed by atoms with van der Waals surface area (Å²) < 4.78 is 11.3. The van der Waals surface area contributed by atoms with Crippen molar-refractivity contribution in [3.05, 3.63) is 69.7 Å². The molecule has 3 atom stereocenters. The van der Waals surface area contributed by atoms with Crippen molar-refractivity contribution in [2.45, 2.75) is 31.8 Å². The van der Waals surface area contributed by atoms with Crippen molar-refractivity contribution in [2.24, 2.45) is 5.92 Å². The highest BCUT2D eigenvalue weighted by molar-refractivity contribution is 9.10. The number of ether oxygens (including phenoxy) is 2. The van der Waals surface area contributed by atoms with E-state index in [1.165, 1.54) is 19.6 Å². The first-order valence-corrected chi connectivity index (χ1v) is 11.6. The van der Waals surface area contributed by atoms with E-state index in [1.54, 1.807) is 0 Å². The van der Waals surface area contributed by atoms with Gasteiger partial charge in [-0.05, 0) is 53.7 Å². The minimum atomic E-state index is -0.310. The van der Waals surface area contributed by atoms with Gasteiger partial charge in [-0.15, -0.1) is 0 Å². The zero-order valence-corrected chi connectivity index (χ0v) is 19.0. The number of benzene rings is 2. The molecule has 0 aliphatic heterocycles. The van der Waals surface area contributed by atoms with E-state index < -0.39 is 0 Å². The summed E-state index contributed by atoms with van der Waals surface area (Å²) in [4.78, 5) is 23.4. The molecule has 0 radical (unpaired) electrons. The molecule has 1 aliphatic carbocycles. The van der Waals surface area contributed by atoms with E-state index in [0.717, 1.165) is 34.4 Å². The monoisotopic (exact) mass is 476 g/mol. The minimum Gasteiger partial charge on any atom is -0.465 e. The summed E-state index contributed by atoms with van der Waals surface area (Å²) in [6, 6.07) is 15.9. The third-order valence-corrected chi connectivity index (χ3v) is 6.73. The van der Waals surface area contributed by atoms with Crippen LogP contribution in [0.5, 0.6) is 0 Å². The maximum absolute atomic E-state index is 12.3. The van der Waals surface area contributed by atoms with Gasteiger partial charge in [-0.25, -0.2) is 4.79 Å². The molecule has 0 saturated heterocycles. The number of esters is 2. The molecule has 2 aromatic rings. The molecule has 29 heavy (non-hydrogen) atoms. The molecule has 0 heterocycles. The zero-order chi connectivity index (χ0) is 20.8. The lowest BCUT2D eigenvalue weighted by Crippen LogP contribution is -2.11. The minimum absolute atomic E-state index is 0.0961. The molecular formula is C23H25BrO4S. The van der Waals surface area contributed by atoms with Gasteiger partial charge in [0.15, 0.2) is 0 Å². The molecule has 0 N–H and O–H groups in total. The fraction of sp³-hybridized carbons (Fsp3) is 0.391. The first kappa shape index (κ1) is 21.9. The lowest BCUT2D eigenvalue weighted by atomic mass is 9.86. The zero-order valence-electron chi connectivity index (χ0n) is 16.6. The first-order valence-electron chi connectivity index (χ1n) is 9.67. The fourth-order valence-corrected chi connectivity index (χ4v) is 5.15. The lowest BCUT2D eigenvalue weighted by Gasteiger charge is -2.21. The molecule has 2 aromatic carbocycles. The van der Waals surface area contributed by atoms with Crippen molar-refractivity contribution in [2.75, 3.05) is 18.6 Å². The van der Waals surface area contributed by atoms with Crippen LogP contribution < -0.4 is 0 Å². The van der Waals surface area contributed by atoms with Crippen molar-refractivity contribution >= 4 is 39.6 Å². The second-order valence-electron chi connectivity index (χ2n) is 7.19. The average molecular weight is 477 g/mol. The van der Waals surface area contributed by atoms with Gasteiger partial charge in [0.25, 0.3) is 0 Å². The molecule has 1 saturated carbocycles. The largest absolute Gasteiger partial charge is 0.465 e. The number of hydrogen-bond donors (Lipinski definition) is 0. The lowest BCUT2D eigenvalue weighted by molar-refractivity contribution is -0.142. The first-order chi connectivity index (χ1) is 14.0. The maximum atomic E-state index is 12.3. The van der Waals surface area contributed by atoms with Gasteiger partial charge < -0.3 is 9.47 Å². The quantitative estimate of drug-likeness (QED) is 0.356. The fourth-order valence-electron chi connectivity index (χ4n) is 3.51. The van der Waals surface area contributed by atoms with Crippen LogP contribution in [0.25, 0.3) is 0 Å². The summed E-state index contributed by atoms with van der Waals surface area (Å²) in [7, 11) is 1.41. The molecule has 0 spiro atoms. The predicted molar refractivity (Wildman–Crippen MR) is 119 cm³/mol. The number of thioether (sulfide) groups is 1. The van der Waals surface area contributed by atoms with Gasteiger partial charge in [0.05, 0.1) is 12.7 Å². The van der Waals surface area contributed by atoms with Crippen molar-refractivity contribution in [1.82, 2.24) is 0 Å². The predicted octanol–water partition coefficient (Wildman–Crippen LogP) is 5.44. The van der Waals surface area contributed by atoms with Crippen LogP contribution in [0.4, 0.5) is 0 Å². The van der Waals surface area contributed by atoms with Crippen LogP contribution in [0.2, 0.25) is 0 Å². The number of methoxy groups -OCH3 is 1. The normalized spacial score (nSPS) is 18.7. The van der Waals surface area contributed by atoms with Gasteiger partial charge in [-0.1, -0.05) is 46.3 Å². The van der Waals surface area contributed by atoms with Gasteiger partial charge >= 0.3 is 11.9 Å². The molecule has 0 amide bonds. The Labute approximate surface area is 184 Å². The second-order valence-corrected chi connectivity index (χ2v) is 9.26. The summed E-state index contributed by atoms with van der Waals surface area (Å²) >= 11 is 5.44. The molecule has 6 heteroatoms. The standard InChI is InChI=1S/C23H25BrO4S/c1-15(25)28-22-13-17(22)14-29-11-10-19(16-6-5-7-18(24)12-16)20-8-3-4-9-21(20)23(26)27-2/h3-9,12,17,19,22H,10-11,13-14H2,1-2H3. The highest BCUT2D eigenvalue weighted by Gasteiger charge is 2.39.